The van der Waals surface area contributed by atoms with Gasteiger partial charge in [0, 0.05) is 12.3 Å². The number of nitriles is 1. The Hall–Kier alpha value is -0.240. The highest BCUT2D eigenvalue weighted by molar-refractivity contribution is 7.98. The summed E-state index contributed by atoms with van der Waals surface area (Å²) in [6.07, 6.45) is 1.95. The Labute approximate surface area is 78.2 Å². The molecule has 0 aromatic heterocycles. The van der Waals surface area contributed by atoms with E-state index < -0.39 is 5.60 Å². The van der Waals surface area contributed by atoms with Crippen LogP contribution in [-0.2, 0) is 0 Å². The highest BCUT2D eigenvalue weighted by Crippen LogP contribution is 2.08. The molecule has 2 unspecified atom stereocenters. The normalized spacial score (nSPS) is 17.9. The van der Waals surface area contributed by atoms with E-state index in [9.17, 15) is 5.11 Å². The van der Waals surface area contributed by atoms with E-state index in [1.807, 2.05) is 6.26 Å². The molecule has 0 rings (SSSR count). The standard InChI is InChI=1S/C8H16N2OS/c1-7(4-9)10-5-8(2,11)6-12-3/h7,10-11H,5-6H2,1-3H3. The van der Waals surface area contributed by atoms with Gasteiger partial charge >= 0.3 is 0 Å². The maximum absolute atomic E-state index is 9.67. The number of hydrogen-bond donors (Lipinski definition) is 2. The monoisotopic (exact) mass is 188 g/mol. The zero-order valence-electron chi connectivity index (χ0n) is 7.79. The van der Waals surface area contributed by atoms with Crippen molar-refractivity contribution < 1.29 is 5.11 Å². The van der Waals surface area contributed by atoms with Gasteiger partial charge in [0.25, 0.3) is 0 Å². The number of aliphatic hydroxyl groups is 1. The van der Waals surface area contributed by atoms with E-state index in [0.29, 0.717) is 12.3 Å². The average Bonchev–Trinajstić information content (AvgIpc) is 2.00. The molecular weight excluding hydrogens is 172 g/mol. The number of nitrogens with one attached hydrogen (secondary N) is 1. The molecule has 2 atom stereocenters. The third-order valence-corrected chi connectivity index (χ3v) is 2.35. The Kier molecular flexibility index (Phi) is 5.31. The topological polar surface area (TPSA) is 56.0 Å². The van der Waals surface area contributed by atoms with Crippen molar-refractivity contribution in [3.63, 3.8) is 0 Å². The lowest BCUT2D eigenvalue weighted by atomic mass is 10.1. The molecule has 0 aromatic carbocycles. The first-order valence-corrected chi connectivity index (χ1v) is 5.25. The van der Waals surface area contributed by atoms with Gasteiger partial charge in [0.15, 0.2) is 0 Å². The summed E-state index contributed by atoms with van der Waals surface area (Å²) >= 11 is 1.59. The van der Waals surface area contributed by atoms with Gasteiger partial charge in [0.2, 0.25) is 0 Å². The van der Waals surface area contributed by atoms with Gasteiger partial charge in [0.05, 0.1) is 17.7 Å². The molecule has 0 bridgehead atoms. The molecule has 0 fully saturated rings. The fraction of sp³-hybridized carbons (Fsp3) is 0.875. The Balaban J connectivity index is 3.68. The third-order valence-electron chi connectivity index (χ3n) is 1.44. The van der Waals surface area contributed by atoms with E-state index in [1.165, 1.54) is 0 Å². The molecule has 0 aliphatic heterocycles. The van der Waals surface area contributed by atoms with Gasteiger partial charge < -0.3 is 5.11 Å². The van der Waals surface area contributed by atoms with Crippen molar-refractivity contribution in [1.29, 1.82) is 5.26 Å². The van der Waals surface area contributed by atoms with Crippen molar-refractivity contribution in [1.82, 2.24) is 5.32 Å². The molecule has 2 N–H and O–H groups in total. The molecule has 0 aromatic rings. The van der Waals surface area contributed by atoms with E-state index in [-0.39, 0.29) is 6.04 Å². The SMILES string of the molecule is CSCC(C)(O)CNC(C)C#N. The molecule has 0 radical (unpaired) electrons. The van der Waals surface area contributed by atoms with Gasteiger partial charge in [-0.05, 0) is 20.1 Å². The Morgan fingerprint density at radius 1 is 1.75 bits per heavy atom. The molecular formula is C8H16N2OS. The van der Waals surface area contributed by atoms with Gasteiger partial charge in [-0.25, -0.2) is 0 Å². The van der Waals surface area contributed by atoms with Gasteiger partial charge in [-0.3, -0.25) is 5.32 Å². The molecule has 0 aliphatic rings. The largest absolute Gasteiger partial charge is 0.388 e. The van der Waals surface area contributed by atoms with E-state index in [2.05, 4.69) is 11.4 Å². The second kappa shape index (κ2) is 5.41. The number of nitrogens with zero attached hydrogens (tertiary/aromatic N) is 1. The molecule has 70 valence electrons. The summed E-state index contributed by atoms with van der Waals surface area (Å²) in [7, 11) is 0. The highest BCUT2D eigenvalue weighted by atomic mass is 32.2. The van der Waals surface area contributed by atoms with Gasteiger partial charge in [0.1, 0.15) is 0 Å². The van der Waals surface area contributed by atoms with Crippen LogP contribution in [-0.4, -0.2) is 35.3 Å². The van der Waals surface area contributed by atoms with Crippen molar-refractivity contribution in [2.24, 2.45) is 0 Å². The van der Waals surface area contributed by atoms with Crippen molar-refractivity contribution in [2.75, 3.05) is 18.6 Å². The Morgan fingerprint density at radius 3 is 2.75 bits per heavy atom. The zero-order chi connectivity index (χ0) is 9.61. The molecule has 0 amide bonds. The van der Waals surface area contributed by atoms with Crippen LogP contribution in [0.2, 0.25) is 0 Å². The van der Waals surface area contributed by atoms with Crippen molar-refractivity contribution in [3.05, 3.63) is 0 Å². The first-order valence-electron chi connectivity index (χ1n) is 3.86. The highest BCUT2D eigenvalue weighted by Gasteiger charge is 2.19. The van der Waals surface area contributed by atoms with Crippen LogP contribution in [0.4, 0.5) is 0 Å². The summed E-state index contributed by atoms with van der Waals surface area (Å²) in [6.45, 7) is 4.00. The molecule has 0 saturated heterocycles. The molecule has 4 heteroatoms. The van der Waals surface area contributed by atoms with Crippen LogP contribution in [0, 0.1) is 11.3 Å². The van der Waals surface area contributed by atoms with E-state index in [1.54, 1.807) is 25.6 Å². The average molecular weight is 188 g/mol. The first kappa shape index (κ1) is 11.8. The molecule has 0 saturated carbocycles. The van der Waals surface area contributed by atoms with Crippen LogP contribution in [0.15, 0.2) is 0 Å². The summed E-state index contributed by atoms with van der Waals surface area (Å²) in [6, 6.07) is 1.85. The summed E-state index contributed by atoms with van der Waals surface area (Å²) in [5.74, 6) is 0.679. The second-order valence-electron chi connectivity index (χ2n) is 3.16. The van der Waals surface area contributed by atoms with E-state index in [4.69, 9.17) is 5.26 Å². The smallest absolute Gasteiger partial charge is 0.0925 e. The Morgan fingerprint density at radius 2 is 2.33 bits per heavy atom. The lowest BCUT2D eigenvalue weighted by Gasteiger charge is -2.23. The summed E-state index contributed by atoms with van der Waals surface area (Å²) in [5.41, 5.74) is -0.718. The lowest BCUT2D eigenvalue weighted by Crippen LogP contribution is -2.42. The van der Waals surface area contributed by atoms with Crippen molar-refractivity contribution >= 4 is 11.8 Å². The zero-order valence-corrected chi connectivity index (χ0v) is 8.61. The van der Waals surface area contributed by atoms with Crippen LogP contribution in [0.5, 0.6) is 0 Å². The molecule has 12 heavy (non-hydrogen) atoms. The number of thioether (sulfide) groups is 1. The van der Waals surface area contributed by atoms with Crippen LogP contribution >= 0.6 is 11.8 Å². The predicted molar refractivity (Wildman–Crippen MR) is 52.1 cm³/mol. The van der Waals surface area contributed by atoms with Gasteiger partial charge in [-0.15, -0.1) is 0 Å². The second-order valence-corrected chi connectivity index (χ2v) is 4.03. The van der Waals surface area contributed by atoms with Crippen molar-refractivity contribution in [3.8, 4) is 6.07 Å². The van der Waals surface area contributed by atoms with Crippen molar-refractivity contribution in [2.45, 2.75) is 25.5 Å². The Bertz CT molecular complexity index is 165. The van der Waals surface area contributed by atoms with E-state index in [0.717, 1.165) is 0 Å². The number of rotatable bonds is 5. The maximum atomic E-state index is 9.67. The fourth-order valence-electron chi connectivity index (χ4n) is 0.781. The summed E-state index contributed by atoms with van der Waals surface area (Å²) in [5, 5.41) is 21.1. The molecule has 0 spiro atoms. The maximum Gasteiger partial charge on any atom is 0.0925 e. The minimum absolute atomic E-state index is 0.196. The third kappa shape index (κ3) is 5.42. The van der Waals surface area contributed by atoms with Gasteiger partial charge in [-0.2, -0.15) is 17.0 Å². The van der Waals surface area contributed by atoms with Crippen LogP contribution < -0.4 is 5.32 Å². The predicted octanol–water partition coefficient (Wildman–Crippen LogP) is 0.602. The lowest BCUT2D eigenvalue weighted by molar-refractivity contribution is 0.0838. The van der Waals surface area contributed by atoms with Crippen LogP contribution in [0.1, 0.15) is 13.8 Å². The summed E-state index contributed by atoms with van der Waals surface area (Å²) in [4.78, 5) is 0. The quantitative estimate of drug-likeness (QED) is 0.663. The van der Waals surface area contributed by atoms with E-state index >= 15 is 0 Å². The molecule has 0 aliphatic carbocycles. The van der Waals surface area contributed by atoms with Crippen LogP contribution in [0.3, 0.4) is 0 Å². The minimum Gasteiger partial charge on any atom is -0.388 e. The van der Waals surface area contributed by atoms with Crippen LogP contribution in [0.25, 0.3) is 0 Å². The first-order chi connectivity index (χ1) is 5.52. The van der Waals surface area contributed by atoms with Gasteiger partial charge in [-0.1, -0.05) is 0 Å². The molecule has 0 heterocycles. The fourth-order valence-corrected chi connectivity index (χ4v) is 1.50. The summed E-state index contributed by atoms with van der Waals surface area (Å²) < 4.78 is 0. The minimum atomic E-state index is -0.718. The molecule has 3 nitrogen and oxygen atoms in total. The number of hydrogen-bond acceptors (Lipinski definition) is 4.